The lowest BCUT2D eigenvalue weighted by molar-refractivity contribution is -0.142. The summed E-state index contributed by atoms with van der Waals surface area (Å²) in [5, 5.41) is 41.9. The van der Waals surface area contributed by atoms with Crippen LogP contribution in [-0.2, 0) is 91.3 Å². The minimum absolute atomic E-state index is 0.00646. The van der Waals surface area contributed by atoms with Crippen LogP contribution in [0.25, 0.3) is 0 Å². The number of unbranched alkanes of at least 4 members (excludes halogenated alkanes) is 4. The molecule has 6 aromatic carbocycles. The highest BCUT2D eigenvalue weighted by molar-refractivity contribution is 8.00. The van der Waals surface area contributed by atoms with Crippen molar-refractivity contribution in [3.8, 4) is 0 Å². The van der Waals surface area contributed by atoms with Crippen molar-refractivity contribution in [1.82, 2.24) is 58.5 Å². The molecule has 0 spiro atoms. The Morgan fingerprint density at radius 1 is 0.306 bits per heavy atom. The maximum Gasteiger partial charge on any atom is 0.326 e. The third-order valence-corrected chi connectivity index (χ3v) is 20.2. The van der Waals surface area contributed by atoms with Gasteiger partial charge in [0.2, 0.25) is 59.1 Å². The van der Waals surface area contributed by atoms with Gasteiger partial charge in [0.25, 0.3) is 0 Å². The summed E-state index contributed by atoms with van der Waals surface area (Å²) in [6.45, 7) is 1.80. The van der Waals surface area contributed by atoms with E-state index in [0.717, 1.165) is 0 Å². The van der Waals surface area contributed by atoms with E-state index < -0.39 is 120 Å². The fraction of sp³-hybridized carbons (Fsp3) is 0.434. The van der Waals surface area contributed by atoms with E-state index in [1.54, 1.807) is 188 Å². The highest BCUT2D eigenvalue weighted by Gasteiger charge is 2.37. The SMILES string of the molecule is NCCCC[C@H](NC(=O)[C@H](Cc1ccccc1)NC(=O)[C@H](Cc1ccccc1)NC(=O)[C@H](CCCCN)NC(=O)[C@H](Cc1ccccc1)NC(=O)[C@H](Cc1ccccc1)NC(=O)[C@H](CCCCN)NC(=O)[C@H](Cc1ccccc1)NC(=O)[C@H](Cc1ccccc1)NC(=O)[C@H](CCCCN)NC(=O)C[C@@H]1CNCS1)C(=O)O. The number of carbonyl (C=O) groups excluding carboxylic acids is 10. The van der Waals surface area contributed by atoms with E-state index in [1.807, 2.05) is 6.07 Å². The fourth-order valence-corrected chi connectivity index (χ4v) is 13.9. The number of aliphatic carboxylic acids is 1. The number of benzene rings is 6. The van der Waals surface area contributed by atoms with E-state index in [4.69, 9.17) is 22.9 Å². The summed E-state index contributed by atoms with van der Waals surface area (Å²) < 4.78 is 0. The molecule has 111 heavy (non-hydrogen) atoms. The van der Waals surface area contributed by atoms with Gasteiger partial charge in [-0.1, -0.05) is 182 Å². The van der Waals surface area contributed by atoms with Crippen LogP contribution in [-0.4, -0.2) is 174 Å². The summed E-state index contributed by atoms with van der Waals surface area (Å²) in [7, 11) is 0. The number of carboxylic acid groups (broad SMARTS) is 1. The number of rotatable bonds is 50. The summed E-state index contributed by atoms with van der Waals surface area (Å²) in [6.07, 6.45) is 3.66. The molecule has 0 radical (unpaired) electrons. The first-order valence-electron chi connectivity index (χ1n) is 38.4. The van der Waals surface area contributed by atoms with Gasteiger partial charge >= 0.3 is 5.97 Å². The number of amides is 10. The zero-order valence-electron chi connectivity index (χ0n) is 63.0. The monoisotopic (exact) mass is 1540 g/mol. The first-order chi connectivity index (χ1) is 53.8. The minimum atomic E-state index is -1.43. The molecule has 1 aliphatic rings. The van der Waals surface area contributed by atoms with Crippen LogP contribution in [0.15, 0.2) is 182 Å². The molecule has 0 bridgehead atoms. The average molecular weight is 1540 g/mol. The van der Waals surface area contributed by atoms with Crippen molar-refractivity contribution in [3.63, 3.8) is 0 Å². The number of nitrogens with two attached hydrogens (primary N) is 4. The van der Waals surface area contributed by atoms with Crippen LogP contribution in [0.4, 0.5) is 0 Å². The normalized spacial score (nSPS) is 15.2. The van der Waals surface area contributed by atoms with Crippen LogP contribution in [0.5, 0.6) is 0 Å². The van der Waals surface area contributed by atoms with Gasteiger partial charge in [-0.25, -0.2) is 4.79 Å². The predicted molar refractivity (Wildman–Crippen MR) is 428 cm³/mol. The van der Waals surface area contributed by atoms with Gasteiger partial charge in [0.05, 0.1) is 0 Å². The number of hydrogen-bond acceptors (Lipinski definition) is 17. The van der Waals surface area contributed by atoms with E-state index in [9.17, 15) is 33.9 Å². The third kappa shape index (κ3) is 31.9. The Kier molecular flexibility index (Phi) is 38.8. The molecule has 596 valence electrons. The second kappa shape index (κ2) is 49.0. The predicted octanol–water partition coefficient (Wildman–Crippen LogP) is 2.94. The van der Waals surface area contributed by atoms with Gasteiger partial charge in [-0.3, -0.25) is 47.9 Å². The Morgan fingerprint density at radius 2 is 0.514 bits per heavy atom. The van der Waals surface area contributed by atoms with Gasteiger partial charge < -0.3 is 86.5 Å². The summed E-state index contributed by atoms with van der Waals surface area (Å²) >= 11 is 1.61. The van der Waals surface area contributed by atoms with Crippen LogP contribution >= 0.6 is 11.8 Å². The largest absolute Gasteiger partial charge is 0.480 e. The quantitative estimate of drug-likeness (QED) is 0.0244. The van der Waals surface area contributed by atoms with Gasteiger partial charge in [-0.05, 0) is 137 Å². The number of carboxylic acids is 1. The molecule has 0 saturated carbocycles. The summed E-state index contributed by atoms with van der Waals surface area (Å²) in [4.78, 5) is 160. The van der Waals surface area contributed by atoms with Crippen molar-refractivity contribution in [2.45, 2.75) is 188 Å². The second-order valence-electron chi connectivity index (χ2n) is 27.9. The van der Waals surface area contributed by atoms with Crippen LogP contribution < -0.4 is 81.4 Å². The number of hydrogen-bond donors (Lipinski definition) is 16. The standard InChI is InChI=1S/C83H111N15O12S/c84-43-23-19-39-63(89-73(99)53-62-54-88-55-111-62)74(100)93-70(50-59-33-13-4-14-34-59)80(106)96-67(47-56-27-7-1-8-28-56)77(103)90-64(40-20-24-44-85)75(101)94-71(51-60-35-15-5-16-36-60)81(107)97-68(48-57-29-9-2-10-30-57)78(104)91-65(41-21-25-45-86)76(102)95-72(52-61-37-17-6-18-38-61)82(108)98-69(49-58-31-11-3-12-32-58)79(105)92-66(83(109)110)42-22-26-46-87/h1-18,27-38,62-72,88H,19-26,39-55,84-87H2,(H,89,99)(H,90,103)(H,91,104)(H,92,105)(H,93,100)(H,94,101)(H,95,102)(H,96,106)(H,97,107)(H,98,108)(H,109,110)/t62-,63+,64+,65+,66+,67+,68+,69+,70+,71+,72+/m1/s1. The molecule has 1 heterocycles. The van der Waals surface area contributed by atoms with E-state index in [2.05, 4.69) is 58.5 Å². The van der Waals surface area contributed by atoms with Gasteiger partial charge in [0.15, 0.2) is 0 Å². The zero-order chi connectivity index (χ0) is 79.5. The smallest absolute Gasteiger partial charge is 0.326 e. The molecule has 0 aliphatic carbocycles. The molecular formula is C83H111N15O12S. The van der Waals surface area contributed by atoms with Crippen LogP contribution in [0.1, 0.15) is 117 Å². The summed E-state index contributed by atoms with van der Waals surface area (Å²) in [5.74, 6) is -7.74. The number of nitrogens with one attached hydrogen (secondary N) is 11. The van der Waals surface area contributed by atoms with Gasteiger partial charge in [0.1, 0.15) is 60.4 Å². The Hall–Kier alpha value is -10.4. The number of carbonyl (C=O) groups is 11. The molecule has 28 heteroatoms. The molecular weight excluding hydrogens is 1430 g/mol. The van der Waals surface area contributed by atoms with Crippen molar-refractivity contribution >= 4 is 76.8 Å². The Balaban J connectivity index is 1.16. The third-order valence-electron chi connectivity index (χ3n) is 19.0. The van der Waals surface area contributed by atoms with Crippen LogP contribution in [0.3, 0.4) is 0 Å². The first-order valence-corrected chi connectivity index (χ1v) is 39.5. The lowest BCUT2D eigenvalue weighted by Gasteiger charge is -2.29. The van der Waals surface area contributed by atoms with E-state index in [1.165, 1.54) is 0 Å². The second-order valence-corrected chi connectivity index (χ2v) is 29.2. The van der Waals surface area contributed by atoms with Gasteiger partial charge in [-0.2, -0.15) is 0 Å². The van der Waals surface area contributed by atoms with Crippen molar-refractivity contribution in [3.05, 3.63) is 215 Å². The Morgan fingerprint density at radius 3 is 0.730 bits per heavy atom. The fourth-order valence-electron chi connectivity index (χ4n) is 12.9. The number of thioether (sulfide) groups is 1. The van der Waals surface area contributed by atoms with Crippen LogP contribution in [0.2, 0.25) is 0 Å². The first kappa shape index (κ1) is 87.9. The van der Waals surface area contributed by atoms with Crippen LogP contribution in [0, 0.1) is 0 Å². The zero-order valence-corrected chi connectivity index (χ0v) is 63.8. The van der Waals surface area contributed by atoms with Crippen molar-refractivity contribution in [1.29, 1.82) is 0 Å². The molecule has 10 amide bonds. The topological polar surface area (TPSA) is 444 Å². The molecule has 6 aromatic rings. The molecule has 1 fully saturated rings. The van der Waals surface area contributed by atoms with E-state index in [-0.39, 0.29) is 94.9 Å². The molecule has 20 N–H and O–H groups in total. The molecule has 27 nitrogen and oxygen atoms in total. The summed E-state index contributed by atoms with van der Waals surface area (Å²) in [6, 6.07) is 39.9. The highest BCUT2D eigenvalue weighted by Crippen LogP contribution is 2.20. The maximum absolute atomic E-state index is 15.3. The lowest BCUT2D eigenvalue weighted by atomic mass is 10.00. The van der Waals surface area contributed by atoms with Crippen molar-refractivity contribution in [2.24, 2.45) is 22.9 Å². The van der Waals surface area contributed by atoms with Crippen molar-refractivity contribution < 1.29 is 57.8 Å². The average Bonchev–Trinajstić information content (AvgIpc) is 0.996. The van der Waals surface area contributed by atoms with Crippen molar-refractivity contribution in [2.75, 3.05) is 38.6 Å². The molecule has 1 aliphatic heterocycles. The summed E-state index contributed by atoms with van der Waals surface area (Å²) in [5.41, 5.74) is 27.3. The Bertz CT molecular complexity index is 3860. The highest BCUT2D eigenvalue weighted by atomic mass is 32.2. The molecule has 11 atom stereocenters. The maximum atomic E-state index is 15.3. The Labute approximate surface area is 654 Å². The van der Waals surface area contributed by atoms with Gasteiger partial charge in [-0.15, -0.1) is 11.8 Å². The molecule has 0 unspecified atom stereocenters. The molecule has 1 saturated heterocycles. The minimum Gasteiger partial charge on any atom is -0.480 e. The molecule has 7 rings (SSSR count). The molecule has 0 aromatic heterocycles. The van der Waals surface area contributed by atoms with E-state index >= 15 is 24.0 Å². The lowest BCUT2D eigenvalue weighted by Crippen LogP contribution is -2.61. The van der Waals surface area contributed by atoms with E-state index in [0.29, 0.717) is 110 Å². The van der Waals surface area contributed by atoms with Gasteiger partial charge in [0, 0.05) is 62.6 Å².